The Bertz CT molecular complexity index is 323. The Labute approximate surface area is 131 Å². The average molecular weight is 296 g/mol. The quantitative estimate of drug-likeness (QED) is 0.839. The summed E-state index contributed by atoms with van der Waals surface area (Å²) in [5.74, 6) is 1.59. The second-order valence-corrected chi connectivity index (χ2v) is 8.50. The number of amides is 1. The first-order chi connectivity index (χ1) is 9.61. The summed E-state index contributed by atoms with van der Waals surface area (Å²) in [6, 6.07) is 0.493. The van der Waals surface area contributed by atoms with Crippen LogP contribution in [0, 0.1) is 17.3 Å². The van der Waals surface area contributed by atoms with Gasteiger partial charge in [-0.05, 0) is 49.4 Å². The summed E-state index contributed by atoms with van der Waals surface area (Å²) in [5.41, 5.74) is 0.418. The zero-order chi connectivity index (χ0) is 16.2. The topological polar surface area (TPSA) is 32.3 Å². The van der Waals surface area contributed by atoms with Gasteiger partial charge in [0.1, 0.15) is 0 Å². The minimum absolute atomic E-state index is 0.0174. The standard InChI is InChI=1S/C18H36N2O/c1-13(2)12-16(17(21)20(6)7)19-15-10-8-14(9-11-15)18(3,4)5/h13-16,19H,8-12H2,1-7H3. The summed E-state index contributed by atoms with van der Waals surface area (Å²) in [4.78, 5) is 14.1. The van der Waals surface area contributed by atoms with E-state index in [9.17, 15) is 4.79 Å². The van der Waals surface area contributed by atoms with E-state index in [0.717, 1.165) is 12.3 Å². The van der Waals surface area contributed by atoms with Crippen molar-refractivity contribution in [2.75, 3.05) is 14.1 Å². The van der Waals surface area contributed by atoms with Crippen molar-refractivity contribution in [1.82, 2.24) is 10.2 Å². The zero-order valence-corrected chi connectivity index (χ0v) is 15.2. The third kappa shape index (κ3) is 5.98. The normalized spacial score (nSPS) is 25.0. The predicted octanol–water partition coefficient (Wildman–Crippen LogP) is 3.68. The largest absolute Gasteiger partial charge is 0.347 e. The number of rotatable bonds is 5. The first-order valence-corrected chi connectivity index (χ1v) is 8.58. The fourth-order valence-electron chi connectivity index (χ4n) is 3.43. The highest BCUT2D eigenvalue weighted by atomic mass is 16.2. The van der Waals surface area contributed by atoms with Crippen LogP contribution in [-0.2, 0) is 4.79 Å². The Balaban J connectivity index is 2.55. The summed E-state index contributed by atoms with van der Waals surface area (Å²) < 4.78 is 0. The zero-order valence-electron chi connectivity index (χ0n) is 15.2. The molecule has 1 saturated carbocycles. The van der Waals surface area contributed by atoms with E-state index in [1.165, 1.54) is 25.7 Å². The first-order valence-electron chi connectivity index (χ1n) is 8.58. The molecule has 0 heterocycles. The molecule has 1 aliphatic rings. The van der Waals surface area contributed by atoms with Crippen LogP contribution in [-0.4, -0.2) is 37.0 Å². The van der Waals surface area contributed by atoms with E-state index in [1.54, 1.807) is 4.90 Å². The van der Waals surface area contributed by atoms with E-state index in [-0.39, 0.29) is 11.9 Å². The molecule has 0 spiro atoms. The highest BCUT2D eigenvalue weighted by molar-refractivity contribution is 5.81. The molecule has 0 aromatic rings. The van der Waals surface area contributed by atoms with Crippen LogP contribution in [0.4, 0.5) is 0 Å². The van der Waals surface area contributed by atoms with E-state index in [0.29, 0.717) is 17.4 Å². The van der Waals surface area contributed by atoms with Gasteiger partial charge in [0.2, 0.25) is 5.91 Å². The van der Waals surface area contributed by atoms with Crippen molar-refractivity contribution in [3.8, 4) is 0 Å². The second-order valence-electron chi connectivity index (χ2n) is 8.50. The summed E-state index contributed by atoms with van der Waals surface area (Å²) in [7, 11) is 3.71. The Morgan fingerprint density at radius 2 is 1.67 bits per heavy atom. The molecule has 1 N–H and O–H groups in total. The molecule has 124 valence electrons. The fraction of sp³-hybridized carbons (Fsp3) is 0.944. The predicted molar refractivity (Wildman–Crippen MR) is 90.3 cm³/mol. The fourth-order valence-corrected chi connectivity index (χ4v) is 3.43. The molecule has 3 heteroatoms. The molecule has 3 nitrogen and oxygen atoms in total. The van der Waals surface area contributed by atoms with Crippen LogP contribution in [0.5, 0.6) is 0 Å². The van der Waals surface area contributed by atoms with Crippen molar-refractivity contribution >= 4 is 5.91 Å². The molecule has 1 aliphatic carbocycles. The Hall–Kier alpha value is -0.570. The molecule has 1 fully saturated rings. The van der Waals surface area contributed by atoms with Gasteiger partial charge < -0.3 is 10.2 Å². The molecule has 0 saturated heterocycles. The maximum Gasteiger partial charge on any atom is 0.239 e. The smallest absolute Gasteiger partial charge is 0.239 e. The first kappa shape index (κ1) is 18.5. The number of likely N-dealkylation sites (N-methyl/N-ethyl adjacent to an activating group) is 1. The van der Waals surface area contributed by atoms with E-state index in [1.807, 2.05) is 14.1 Å². The van der Waals surface area contributed by atoms with Gasteiger partial charge in [0, 0.05) is 20.1 Å². The van der Waals surface area contributed by atoms with Gasteiger partial charge in [0.05, 0.1) is 6.04 Å². The third-order valence-electron chi connectivity index (χ3n) is 4.83. The molecule has 21 heavy (non-hydrogen) atoms. The molecule has 0 bridgehead atoms. The van der Waals surface area contributed by atoms with Crippen molar-refractivity contribution in [3.63, 3.8) is 0 Å². The van der Waals surface area contributed by atoms with Gasteiger partial charge in [-0.1, -0.05) is 34.6 Å². The van der Waals surface area contributed by atoms with E-state index >= 15 is 0 Å². The van der Waals surface area contributed by atoms with Crippen molar-refractivity contribution in [3.05, 3.63) is 0 Å². The Morgan fingerprint density at radius 3 is 2.05 bits per heavy atom. The highest BCUT2D eigenvalue weighted by Crippen LogP contribution is 2.37. The molecular formula is C18H36N2O. The minimum atomic E-state index is -0.0174. The van der Waals surface area contributed by atoms with Crippen molar-refractivity contribution in [2.45, 2.75) is 78.8 Å². The van der Waals surface area contributed by atoms with Gasteiger partial charge in [-0.3, -0.25) is 4.79 Å². The van der Waals surface area contributed by atoms with Crippen LogP contribution in [0.25, 0.3) is 0 Å². The summed E-state index contributed by atoms with van der Waals surface area (Å²) in [6.45, 7) is 11.4. The molecular weight excluding hydrogens is 260 g/mol. The van der Waals surface area contributed by atoms with Gasteiger partial charge in [-0.15, -0.1) is 0 Å². The van der Waals surface area contributed by atoms with Crippen LogP contribution in [0.15, 0.2) is 0 Å². The lowest BCUT2D eigenvalue weighted by atomic mass is 9.71. The van der Waals surface area contributed by atoms with Crippen molar-refractivity contribution in [2.24, 2.45) is 17.3 Å². The molecule has 0 aromatic heterocycles. The molecule has 1 amide bonds. The highest BCUT2D eigenvalue weighted by Gasteiger charge is 2.31. The molecule has 1 unspecified atom stereocenters. The molecule has 0 aliphatic heterocycles. The number of carbonyl (C=O) groups is 1. The minimum Gasteiger partial charge on any atom is -0.347 e. The summed E-state index contributed by atoms with van der Waals surface area (Å²) in [5, 5.41) is 3.65. The molecule has 0 radical (unpaired) electrons. The number of hydrogen-bond acceptors (Lipinski definition) is 2. The van der Waals surface area contributed by atoms with Crippen LogP contribution < -0.4 is 5.32 Å². The van der Waals surface area contributed by atoms with E-state index in [2.05, 4.69) is 39.9 Å². The second kappa shape index (κ2) is 7.62. The van der Waals surface area contributed by atoms with Gasteiger partial charge in [-0.25, -0.2) is 0 Å². The Kier molecular flexibility index (Phi) is 6.71. The van der Waals surface area contributed by atoms with Gasteiger partial charge in [-0.2, -0.15) is 0 Å². The maximum absolute atomic E-state index is 12.3. The summed E-state index contributed by atoms with van der Waals surface area (Å²) >= 11 is 0. The molecule has 1 rings (SSSR count). The van der Waals surface area contributed by atoms with E-state index in [4.69, 9.17) is 0 Å². The van der Waals surface area contributed by atoms with Crippen LogP contribution in [0.1, 0.15) is 66.7 Å². The lowest BCUT2D eigenvalue weighted by molar-refractivity contribution is -0.131. The van der Waals surface area contributed by atoms with Crippen LogP contribution >= 0.6 is 0 Å². The number of hydrogen-bond donors (Lipinski definition) is 1. The number of nitrogens with one attached hydrogen (secondary N) is 1. The van der Waals surface area contributed by atoms with E-state index < -0.39 is 0 Å². The van der Waals surface area contributed by atoms with Crippen molar-refractivity contribution in [1.29, 1.82) is 0 Å². The van der Waals surface area contributed by atoms with Gasteiger partial charge in [0.25, 0.3) is 0 Å². The van der Waals surface area contributed by atoms with Gasteiger partial charge in [0.15, 0.2) is 0 Å². The number of nitrogens with zero attached hydrogens (tertiary/aromatic N) is 1. The SMILES string of the molecule is CC(C)CC(NC1CCC(C(C)(C)C)CC1)C(=O)N(C)C. The summed E-state index contributed by atoms with van der Waals surface area (Å²) in [6.07, 6.45) is 5.90. The molecule has 1 atom stereocenters. The lowest BCUT2D eigenvalue weighted by Crippen LogP contribution is -2.49. The molecule has 0 aromatic carbocycles. The third-order valence-corrected chi connectivity index (χ3v) is 4.83. The maximum atomic E-state index is 12.3. The number of carbonyl (C=O) groups excluding carboxylic acids is 1. The van der Waals surface area contributed by atoms with Crippen molar-refractivity contribution < 1.29 is 4.79 Å². The average Bonchev–Trinajstić information content (AvgIpc) is 2.36. The van der Waals surface area contributed by atoms with Crippen LogP contribution in [0.2, 0.25) is 0 Å². The van der Waals surface area contributed by atoms with Gasteiger partial charge >= 0.3 is 0 Å². The van der Waals surface area contributed by atoms with Crippen LogP contribution in [0.3, 0.4) is 0 Å². The Morgan fingerprint density at radius 1 is 1.14 bits per heavy atom. The monoisotopic (exact) mass is 296 g/mol. The lowest BCUT2D eigenvalue weighted by Gasteiger charge is -2.38.